The van der Waals surface area contributed by atoms with Gasteiger partial charge in [0, 0.05) is 17.2 Å². The zero-order chi connectivity index (χ0) is 15.5. The average Bonchev–Trinajstić information content (AvgIpc) is 2.65. The smallest absolute Gasteiger partial charge is 0.123 e. The van der Waals surface area contributed by atoms with E-state index < -0.39 is 0 Å². The highest BCUT2D eigenvalue weighted by Gasteiger charge is 2.18. The summed E-state index contributed by atoms with van der Waals surface area (Å²) in [4.78, 5) is 3.44. The number of thioether (sulfide) groups is 1. The lowest BCUT2D eigenvalue weighted by molar-refractivity contribution is 0.417. The van der Waals surface area contributed by atoms with Gasteiger partial charge in [0.25, 0.3) is 0 Å². The summed E-state index contributed by atoms with van der Waals surface area (Å²) in [6, 6.07) is 13.6. The maximum atomic E-state index is 13.8. The summed E-state index contributed by atoms with van der Waals surface area (Å²) in [7, 11) is 4.14. The van der Waals surface area contributed by atoms with E-state index >= 15 is 0 Å². The Morgan fingerprint density at radius 2 is 1.95 bits per heavy atom. The zero-order valence-electron chi connectivity index (χ0n) is 13.0. The van der Waals surface area contributed by atoms with Gasteiger partial charge in [0.1, 0.15) is 5.82 Å². The van der Waals surface area contributed by atoms with Crippen LogP contribution in [0.3, 0.4) is 0 Å². The van der Waals surface area contributed by atoms with E-state index in [0.717, 1.165) is 29.9 Å². The molecule has 3 rings (SSSR count). The van der Waals surface area contributed by atoms with Crippen molar-refractivity contribution >= 4 is 17.3 Å². The molecule has 0 amide bonds. The number of nitrogens with zero attached hydrogens (tertiary/aromatic N) is 1. The molecule has 1 heterocycles. The summed E-state index contributed by atoms with van der Waals surface area (Å²) in [6.45, 7) is 0.990. The number of hydrogen-bond acceptors (Lipinski definition) is 2. The zero-order valence-corrected chi connectivity index (χ0v) is 13.8. The van der Waals surface area contributed by atoms with Crippen LogP contribution in [0.2, 0.25) is 0 Å². The van der Waals surface area contributed by atoms with E-state index in [1.165, 1.54) is 16.0 Å². The maximum Gasteiger partial charge on any atom is 0.123 e. The molecular formula is C19H20FNS. The van der Waals surface area contributed by atoms with Crippen molar-refractivity contribution in [2.45, 2.75) is 17.1 Å². The fourth-order valence-corrected chi connectivity index (χ4v) is 3.80. The van der Waals surface area contributed by atoms with Crippen molar-refractivity contribution in [1.82, 2.24) is 4.90 Å². The molecule has 0 radical (unpaired) electrons. The molecule has 0 aliphatic carbocycles. The Labute approximate surface area is 135 Å². The van der Waals surface area contributed by atoms with Crippen LogP contribution in [0.5, 0.6) is 0 Å². The third-order valence-corrected chi connectivity index (χ3v) is 4.97. The Bertz CT molecular complexity index is 706. The van der Waals surface area contributed by atoms with Gasteiger partial charge in [-0.05, 0) is 61.0 Å². The first-order valence-electron chi connectivity index (χ1n) is 7.51. The highest BCUT2D eigenvalue weighted by molar-refractivity contribution is 7.98. The number of rotatable bonds is 3. The first-order chi connectivity index (χ1) is 10.6. The lowest BCUT2D eigenvalue weighted by Crippen LogP contribution is -2.12. The van der Waals surface area contributed by atoms with Gasteiger partial charge >= 0.3 is 0 Å². The largest absolute Gasteiger partial charge is 0.309 e. The predicted molar refractivity (Wildman–Crippen MR) is 92.7 cm³/mol. The van der Waals surface area contributed by atoms with Gasteiger partial charge in [-0.1, -0.05) is 30.3 Å². The minimum Gasteiger partial charge on any atom is -0.309 e. The molecular weight excluding hydrogens is 293 g/mol. The van der Waals surface area contributed by atoms with Gasteiger partial charge in [-0.15, -0.1) is 11.8 Å². The van der Waals surface area contributed by atoms with Crippen LogP contribution >= 0.6 is 11.8 Å². The normalized spacial score (nSPS) is 15.5. The third kappa shape index (κ3) is 3.26. The van der Waals surface area contributed by atoms with E-state index in [-0.39, 0.29) is 5.82 Å². The number of halogens is 1. The second kappa shape index (κ2) is 6.67. The standard InChI is InChI=1S/C19H20FNS/c1-21(2)11-5-7-16-17-6-3-4-8-19(17)22-13-14-9-10-15(20)12-18(14)16/h3-4,6-10,12H,5,11,13H2,1-2H3. The van der Waals surface area contributed by atoms with Gasteiger partial charge in [-0.25, -0.2) is 4.39 Å². The lowest BCUT2D eigenvalue weighted by Gasteiger charge is -2.13. The van der Waals surface area contributed by atoms with Crippen LogP contribution in [0.4, 0.5) is 4.39 Å². The first kappa shape index (κ1) is 15.3. The Balaban J connectivity index is 2.10. The molecule has 0 saturated carbocycles. The molecule has 0 unspecified atom stereocenters. The molecule has 0 fully saturated rings. The van der Waals surface area contributed by atoms with Crippen LogP contribution in [-0.4, -0.2) is 25.5 Å². The summed E-state index contributed by atoms with van der Waals surface area (Å²) < 4.78 is 13.8. The summed E-state index contributed by atoms with van der Waals surface area (Å²) >= 11 is 1.83. The molecule has 0 atom stereocenters. The molecule has 2 aromatic rings. The second-order valence-electron chi connectivity index (χ2n) is 5.80. The maximum absolute atomic E-state index is 13.8. The fraction of sp³-hybridized carbons (Fsp3) is 0.263. The predicted octanol–water partition coefficient (Wildman–Crippen LogP) is 4.81. The van der Waals surface area contributed by atoms with E-state index in [1.54, 1.807) is 12.1 Å². The molecule has 3 heteroatoms. The fourth-order valence-electron chi connectivity index (χ4n) is 2.73. The van der Waals surface area contributed by atoms with Crippen LogP contribution in [0.25, 0.3) is 5.57 Å². The van der Waals surface area contributed by atoms with Crippen molar-refractivity contribution in [3.05, 3.63) is 71.0 Å². The van der Waals surface area contributed by atoms with Crippen molar-refractivity contribution in [2.24, 2.45) is 0 Å². The average molecular weight is 313 g/mol. The van der Waals surface area contributed by atoms with E-state index in [2.05, 4.69) is 49.3 Å². The van der Waals surface area contributed by atoms with Crippen LogP contribution in [-0.2, 0) is 5.75 Å². The SMILES string of the molecule is CN(C)CCC=C1c2cc(F)ccc2CSc2ccccc21. The van der Waals surface area contributed by atoms with E-state index in [1.807, 2.05) is 17.8 Å². The molecule has 1 aliphatic rings. The molecule has 1 aliphatic heterocycles. The van der Waals surface area contributed by atoms with Gasteiger partial charge in [0.2, 0.25) is 0 Å². The third-order valence-electron chi connectivity index (χ3n) is 3.85. The van der Waals surface area contributed by atoms with Crippen molar-refractivity contribution in [2.75, 3.05) is 20.6 Å². The molecule has 0 aromatic heterocycles. The minimum atomic E-state index is -0.165. The van der Waals surface area contributed by atoms with Crippen molar-refractivity contribution in [3.63, 3.8) is 0 Å². The van der Waals surface area contributed by atoms with E-state index in [4.69, 9.17) is 0 Å². The van der Waals surface area contributed by atoms with Crippen molar-refractivity contribution < 1.29 is 4.39 Å². The van der Waals surface area contributed by atoms with Crippen LogP contribution < -0.4 is 0 Å². The Hall–Kier alpha value is -1.58. The van der Waals surface area contributed by atoms with Crippen molar-refractivity contribution in [3.8, 4) is 0 Å². The van der Waals surface area contributed by atoms with Gasteiger partial charge in [-0.2, -0.15) is 0 Å². The summed E-state index contributed by atoms with van der Waals surface area (Å²) in [6.07, 6.45) is 3.21. The van der Waals surface area contributed by atoms with Gasteiger partial charge in [0.05, 0.1) is 0 Å². The highest BCUT2D eigenvalue weighted by Crippen LogP contribution is 2.40. The van der Waals surface area contributed by atoms with Gasteiger partial charge in [-0.3, -0.25) is 0 Å². The van der Waals surface area contributed by atoms with Crippen LogP contribution in [0.1, 0.15) is 23.1 Å². The number of benzene rings is 2. The van der Waals surface area contributed by atoms with Gasteiger partial charge < -0.3 is 4.90 Å². The van der Waals surface area contributed by atoms with Crippen molar-refractivity contribution in [1.29, 1.82) is 0 Å². The Kier molecular flexibility index (Phi) is 4.65. The van der Waals surface area contributed by atoms with E-state index in [9.17, 15) is 4.39 Å². The lowest BCUT2D eigenvalue weighted by atomic mass is 9.93. The Morgan fingerprint density at radius 3 is 2.77 bits per heavy atom. The summed E-state index contributed by atoms with van der Waals surface area (Å²) in [5.74, 6) is 0.721. The minimum absolute atomic E-state index is 0.165. The molecule has 0 saturated heterocycles. The van der Waals surface area contributed by atoms with Crippen LogP contribution in [0.15, 0.2) is 53.4 Å². The number of fused-ring (bicyclic) bond motifs is 2. The molecule has 1 nitrogen and oxygen atoms in total. The topological polar surface area (TPSA) is 3.24 Å². The first-order valence-corrected chi connectivity index (χ1v) is 8.49. The molecule has 0 N–H and O–H groups in total. The summed E-state index contributed by atoms with van der Waals surface area (Å²) in [5, 5.41) is 0. The Morgan fingerprint density at radius 1 is 1.14 bits per heavy atom. The summed E-state index contributed by atoms with van der Waals surface area (Å²) in [5.41, 5.74) is 4.63. The van der Waals surface area contributed by atoms with E-state index in [0.29, 0.717) is 0 Å². The molecule has 0 spiro atoms. The second-order valence-corrected chi connectivity index (χ2v) is 6.81. The monoisotopic (exact) mass is 313 g/mol. The molecule has 0 bridgehead atoms. The quantitative estimate of drug-likeness (QED) is 0.799. The molecule has 2 aromatic carbocycles. The molecule has 22 heavy (non-hydrogen) atoms. The number of hydrogen-bond donors (Lipinski definition) is 0. The highest BCUT2D eigenvalue weighted by atomic mass is 32.2. The molecule has 114 valence electrons. The van der Waals surface area contributed by atoms with Gasteiger partial charge in [0.15, 0.2) is 0 Å². The van der Waals surface area contributed by atoms with Crippen LogP contribution in [0, 0.1) is 5.82 Å².